The van der Waals surface area contributed by atoms with E-state index in [-0.39, 0.29) is 36.3 Å². The van der Waals surface area contributed by atoms with Gasteiger partial charge in [0.1, 0.15) is 0 Å². The maximum atomic E-state index is 13.2. The number of carbonyl (C=O) groups is 3. The zero-order valence-electron chi connectivity index (χ0n) is 18.9. The number of ketones is 1. The number of amides is 1. The van der Waals surface area contributed by atoms with E-state index in [2.05, 4.69) is 10.2 Å². The van der Waals surface area contributed by atoms with Crippen LogP contribution < -0.4 is 10.1 Å². The molecule has 0 radical (unpaired) electrons. The largest absolute Gasteiger partial charge is 0.504 e. The molecule has 176 valence electrons. The van der Waals surface area contributed by atoms with Gasteiger partial charge >= 0.3 is 5.97 Å². The summed E-state index contributed by atoms with van der Waals surface area (Å²) in [5.74, 6) is 0.572. The van der Waals surface area contributed by atoms with Gasteiger partial charge in [-0.25, -0.2) is 0 Å². The van der Waals surface area contributed by atoms with Crippen LogP contribution in [0.2, 0.25) is 0 Å². The van der Waals surface area contributed by atoms with Crippen molar-refractivity contribution in [3.05, 3.63) is 23.3 Å². The van der Waals surface area contributed by atoms with Gasteiger partial charge in [-0.1, -0.05) is 6.07 Å². The molecule has 1 aromatic carbocycles. The first kappa shape index (κ1) is 21.0. The number of esters is 1. The molecule has 2 heterocycles. The Balaban J connectivity index is 1.47. The lowest BCUT2D eigenvalue weighted by atomic mass is 9.47. The lowest BCUT2D eigenvalue weighted by molar-refractivity contribution is -0.150. The van der Waals surface area contributed by atoms with Crippen LogP contribution in [0.15, 0.2) is 12.1 Å². The van der Waals surface area contributed by atoms with Gasteiger partial charge in [-0.15, -0.1) is 0 Å². The van der Waals surface area contributed by atoms with E-state index in [9.17, 15) is 19.5 Å². The Kier molecular flexibility index (Phi) is 4.57. The molecule has 6 rings (SSSR count). The minimum Gasteiger partial charge on any atom is -0.504 e. The summed E-state index contributed by atoms with van der Waals surface area (Å²) in [5, 5.41) is 14.0. The number of ether oxygens (including phenoxy) is 2. The number of nitrogens with one attached hydrogen (secondary N) is 1. The number of rotatable bonds is 6. The van der Waals surface area contributed by atoms with Crippen molar-refractivity contribution < 1.29 is 29.0 Å². The Hall–Kier alpha value is -2.61. The summed E-state index contributed by atoms with van der Waals surface area (Å²) >= 11 is 0. The third-order valence-corrected chi connectivity index (χ3v) is 8.76. The molecule has 8 heteroatoms. The molecule has 3 aliphatic carbocycles. The smallest absolute Gasteiger partial charge is 0.306 e. The SMILES string of the molecule is COC(=O)CCC(=O)N[C@@]12CCC(=O)[C@@H]3Oc4c(O)ccc5c4[C@@]31CCN(CC1CC1)[C@@H]2C5. The van der Waals surface area contributed by atoms with Gasteiger partial charge in [-0.3, -0.25) is 19.3 Å². The molecule has 33 heavy (non-hydrogen) atoms. The van der Waals surface area contributed by atoms with Crippen LogP contribution in [-0.2, 0) is 31.0 Å². The molecular weight excluding hydrogens is 424 g/mol. The number of likely N-dealkylation sites (tertiary alicyclic amines) is 1. The average Bonchev–Trinajstić information content (AvgIpc) is 3.54. The van der Waals surface area contributed by atoms with Crippen molar-refractivity contribution in [3.63, 3.8) is 0 Å². The molecule has 2 bridgehead atoms. The number of hydrogen-bond donors (Lipinski definition) is 2. The quantitative estimate of drug-likeness (QED) is 0.629. The fourth-order valence-electron chi connectivity index (χ4n) is 7.19. The van der Waals surface area contributed by atoms with Crippen LogP contribution in [0.5, 0.6) is 11.5 Å². The first-order valence-corrected chi connectivity index (χ1v) is 12.1. The van der Waals surface area contributed by atoms with Crippen molar-refractivity contribution >= 4 is 17.7 Å². The van der Waals surface area contributed by atoms with E-state index < -0.39 is 23.0 Å². The number of phenols is 1. The second kappa shape index (κ2) is 7.19. The highest BCUT2D eigenvalue weighted by atomic mass is 16.5. The lowest BCUT2D eigenvalue weighted by Crippen LogP contribution is -2.81. The Morgan fingerprint density at radius 1 is 1.27 bits per heavy atom. The van der Waals surface area contributed by atoms with Crippen LogP contribution in [0.25, 0.3) is 0 Å². The first-order valence-electron chi connectivity index (χ1n) is 12.1. The van der Waals surface area contributed by atoms with Crippen molar-refractivity contribution in [1.82, 2.24) is 10.2 Å². The zero-order chi connectivity index (χ0) is 23.0. The summed E-state index contributed by atoms with van der Waals surface area (Å²) in [7, 11) is 1.32. The number of carbonyl (C=O) groups excluding carboxylic acids is 3. The molecule has 2 N–H and O–H groups in total. The molecular formula is C25H30N2O6. The molecule has 1 saturated heterocycles. The van der Waals surface area contributed by atoms with Crippen LogP contribution in [0.3, 0.4) is 0 Å². The number of aromatic hydroxyl groups is 1. The number of benzene rings is 1. The van der Waals surface area contributed by atoms with E-state index in [1.807, 2.05) is 6.07 Å². The molecule has 8 nitrogen and oxygen atoms in total. The van der Waals surface area contributed by atoms with Crippen LogP contribution >= 0.6 is 0 Å². The standard InChI is InChI=1S/C25H30N2O6/c1-32-20(31)7-6-19(30)26-25-9-8-17(29)23-24(25)10-11-27(13-14-2-3-14)18(25)12-15-4-5-16(28)22(33-23)21(15)24/h4-5,14,18,23,28H,2-3,6-13H2,1H3,(H,26,30)/t18-,23+,24+,25-/m1/s1. The maximum absolute atomic E-state index is 13.2. The second-order valence-corrected chi connectivity index (χ2v) is 10.4. The third-order valence-electron chi connectivity index (χ3n) is 8.76. The van der Waals surface area contributed by atoms with Gasteiger partial charge in [-0.05, 0) is 56.2 Å². The second-order valence-electron chi connectivity index (χ2n) is 10.4. The summed E-state index contributed by atoms with van der Waals surface area (Å²) in [6.45, 7) is 1.84. The van der Waals surface area contributed by atoms with E-state index in [0.717, 1.165) is 30.6 Å². The number of Topliss-reactive ketones (excluding diaryl/α,β-unsaturated/α-hetero) is 1. The Bertz CT molecular complexity index is 1050. The van der Waals surface area contributed by atoms with Gasteiger partial charge in [-0.2, -0.15) is 0 Å². The van der Waals surface area contributed by atoms with Crippen molar-refractivity contribution in [2.24, 2.45) is 5.92 Å². The van der Waals surface area contributed by atoms with Crippen molar-refractivity contribution in [2.75, 3.05) is 20.2 Å². The normalized spacial score (nSPS) is 33.8. The zero-order valence-corrected chi connectivity index (χ0v) is 18.9. The summed E-state index contributed by atoms with van der Waals surface area (Å²) < 4.78 is 10.9. The topological polar surface area (TPSA) is 105 Å². The minimum absolute atomic E-state index is 0.0172. The molecule has 1 aromatic rings. The fourth-order valence-corrected chi connectivity index (χ4v) is 7.19. The maximum Gasteiger partial charge on any atom is 0.306 e. The highest BCUT2D eigenvalue weighted by Crippen LogP contribution is 2.65. The van der Waals surface area contributed by atoms with E-state index in [4.69, 9.17) is 9.47 Å². The molecule has 1 amide bonds. The molecule has 4 atom stereocenters. The highest BCUT2D eigenvalue weighted by Gasteiger charge is 2.73. The van der Waals surface area contributed by atoms with Crippen LogP contribution in [0, 0.1) is 5.92 Å². The molecule has 0 aromatic heterocycles. The average molecular weight is 455 g/mol. The number of methoxy groups -OCH3 is 1. The summed E-state index contributed by atoms with van der Waals surface area (Å²) in [6.07, 6.45) is 4.11. The van der Waals surface area contributed by atoms with E-state index in [1.165, 1.54) is 20.0 Å². The molecule has 5 aliphatic rings. The van der Waals surface area contributed by atoms with Crippen LogP contribution in [-0.4, -0.2) is 65.6 Å². The molecule has 2 saturated carbocycles. The fraction of sp³-hybridized carbons (Fsp3) is 0.640. The summed E-state index contributed by atoms with van der Waals surface area (Å²) in [5.41, 5.74) is 0.634. The number of phenolic OH excluding ortho intramolecular Hbond substituents is 1. The number of piperidine rings is 1. The van der Waals surface area contributed by atoms with Crippen molar-refractivity contribution in [2.45, 2.75) is 74.5 Å². The van der Waals surface area contributed by atoms with Gasteiger partial charge in [0.25, 0.3) is 0 Å². The number of hydrogen-bond acceptors (Lipinski definition) is 7. The van der Waals surface area contributed by atoms with E-state index in [0.29, 0.717) is 30.9 Å². The summed E-state index contributed by atoms with van der Waals surface area (Å²) in [4.78, 5) is 40.6. The van der Waals surface area contributed by atoms with Gasteiger partial charge in [0.05, 0.1) is 24.5 Å². The first-order chi connectivity index (χ1) is 15.9. The van der Waals surface area contributed by atoms with Crippen molar-refractivity contribution in [1.29, 1.82) is 0 Å². The Morgan fingerprint density at radius 2 is 2.09 bits per heavy atom. The monoisotopic (exact) mass is 454 g/mol. The predicted octanol–water partition coefficient (Wildman–Crippen LogP) is 1.60. The molecule has 1 spiro atoms. The number of nitrogens with zero attached hydrogens (tertiary/aromatic N) is 1. The lowest BCUT2D eigenvalue weighted by Gasteiger charge is -2.65. The molecule has 2 aliphatic heterocycles. The Morgan fingerprint density at radius 3 is 2.85 bits per heavy atom. The third kappa shape index (κ3) is 2.82. The van der Waals surface area contributed by atoms with Gasteiger partial charge < -0.3 is 19.9 Å². The van der Waals surface area contributed by atoms with Crippen LogP contribution in [0.1, 0.15) is 56.1 Å². The van der Waals surface area contributed by atoms with Gasteiger partial charge in [0.2, 0.25) is 5.91 Å². The minimum atomic E-state index is -0.708. The Labute approximate surface area is 192 Å². The molecule has 3 fully saturated rings. The van der Waals surface area contributed by atoms with Crippen molar-refractivity contribution in [3.8, 4) is 11.5 Å². The van der Waals surface area contributed by atoms with Gasteiger partial charge in [0.15, 0.2) is 23.4 Å². The summed E-state index contributed by atoms with van der Waals surface area (Å²) in [6, 6.07) is 3.66. The van der Waals surface area contributed by atoms with Crippen LogP contribution in [0.4, 0.5) is 0 Å². The van der Waals surface area contributed by atoms with Gasteiger partial charge in [0, 0.05) is 31.0 Å². The molecule has 0 unspecified atom stereocenters. The predicted molar refractivity (Wildman–Crippen MR) is 117 cm³/mol. The van der Waals surface area contributed by atoms with E-state index in [1.54, 1.807) is 6.07 Å². The highest BCUT2D eigenvalue weighted by molar-refractivity contribution is 5.91. The van der Waals surface area contributed by atoms with E-state index >= 15 is 0 Å².